The van der Waals surface area contributed by atoms with Crippen LogP contribution in [0.2, 0.25) is 0 Å². The van der Waals surface area contributed by atoms with Gasteiger partial charge in [-0.05, 0) is 52.2 Å². The average molecular weight is 228 g/mol. The van der Waals surface area contributed by atoms with Crippen molar-refractivity contribution in [3.8, 4) is 0 Å². The zero-order valence-electron chi connectivity index (χ0n) is 11.1. The Morgan fingerprint density at radius 3 is 2.38 bits per heavy atom. The Morgan fingerprint density at radius 2 is 1.94 bits per heavy atom. The number of hydrogen-bond acceptors (Lipinski definition) is 3. The molecular formula is C13H28N2O. The third-order valence-electron chi connectivity index (χ3n) is 4.03. The molecule has 96 valence electrons. The minimum atomic E-state index is 0.119. The first-order chi connectivity index (χ1) is 7.63. The molecule has 0 spiro atoms. The fraction of sp³-hybridized carbons (Fsp3) is 1.00. The van der Waals surface area contributed by atoms with Gasteiger partial charge in [0.1, 0.15) is 0 Å². The first-order valence-corrected chi connectivity index (χ1v) is 6.74. The zero-order chi connectivity index (χ0) is 12.0. The van der Waals surface area contributed by atoms with Crippen LogP contribution in [0, 0.1) is 0 Å². The molecule has 0 amide bonds. The van der Waals surface area contributed by atoms with Crippen LogP contribution in [0.4, 0.5) is 0 Å². The number of nitrogens with one attached hydrogen (secondary N) is 1. The SMILES string of the molecule is CCN1CCC(NC(C)(CC)CCO)CC1. The molecule has 1 aliphatic heterocycles. The van der Waals surface area contributed by atoms with Gasteiger partial charge in [-0.1, -0.05) is 13.8 Å². The molecule has 1 atom stereocenters. The van der Waals surface area contributed by atoms with E-state index in [9.17, 15) is 0 Å². The number of aliphatic hydroxyl groups excluding tert-OH is 1. The highest BCUT2D eigenvalue weighted by Crippen LogP contribution is 2.19. The minimum absolute atomic E-state index is 0.119. The minimum Gasteiger partial charge on any atom is -0.396 e. The van der Waals surface area contributed by atoms with Gasteiger partial charge in [0.15, 0.2) is 0 Å². The Labute approximate surface area is 100 Å². The van der Waals surface area contributed by atoms with Crippen LogP contribution in [0.1, 0.15) is 46.5 Å². The second-order valence-electron chi connectivity index (χ2n) is 5.24. The highest BCUT2D eigenvalue weighted by molar-refractivity contribution is 4.87. The van der Waals surface area contributed by atoms with Crippen molar-refractivity contribution in [3.05, 3.63) is 0 Å². The largest absolute Gasteiger partial charge is 0.396 e. The summed E-state index contributed by atoms with van der Waals surface area (Å²) in [5.41, 5.74) is 0.119. The average Bonchev–Trinajstić information content (AvgIpc) is 2.30. The van der Waals surface area contributed by atoms with Gasteiger partial charge in [-0.3, -0.25) is 0 Å². The topological polar surface area (TPSA) is 35.5 Å². The van der Waals surface area contributed by atoms with E-state index in [0.717, 1.165) is 12.8 Å². The van der Waals surface area contributed by atoms with Gasteiger partial charge in [-0.15, -0.1) is 0 Å². The van der Waals surface area contributed by atoms with E-state index in [1.54, 1.807) is 0 Å². The van der Waals surface area contributed by atoms with Crippen LogP contribution >= 0.6 is 0 Å². The van der Waals surface area contributed by atoms with Gasteiger partial charge in [0.25, 0.3) is 0 Å². The molecule has 1 saturated heterocycles. The van der Waals surface area contributed by atoms with Crippen molar-refractivity contribution in [1.29, 1.82) is 0 Å². The van der Waals surface area contributed by atoms with E-state index < -0.39 is 0 Å². The number of nitrogens with zero attached hydrogens (tertiary/aromatic N) is 1. The fourth-order valence-corrected chi connectivity index (χ4v) is 2.48. The second-order valence-corrected chi connectivity index (χ2v) is 5.24. The van der Waals surface area contributed by atoms with E-state index >= 15 is 0 Å². The van der Waals surface area contributed by atoms with Crippen molar-refractivity contribution in [1.82, 2.24) is 10.2 Å². The van der Waals surface area contributed by atoms with Crippen molar-refractivity contribution >= 4 is 0 Å². The number of hydrogen-bond donors (Lipinski definition) is 2. The molecule has 0 aliphatic carbocycles. The highest BCUT2D eigenvalue weighted by Gasteiger charge is 2.27. The molecule has 1 heterocycles. The predicted octanol–water partition coefficient (Wildman–Crippen LogP) is 1.61. The Balaban J connectivity index is 2.36. The summed E-state index contributed by atoms with van der Waals surface area (Å²) in [6.07, 6.45) is 4.43. The molecule has 0 aromatic heterocycles. The van der Waals surface area contributed by atoms with Crippen LogP contribution in [0.15, 0.2) is 0 Å². The molecule has 0 radical (unpaired) electrons. The van der Waals surface area contributed by atoms with Gasteiger partial charge in [-0.2, -0.15) is 0 Å². The molecule has 0 aromatic carbocycles. The molecule has 1 rings (SSSR count). The zero-order valence-corrected chi connectivity index (χ0v) is 11.1. The summed E-state index contributed by atoms with van der Waals surface area (Å²) in [6.45, 7) is 10.6. The lowest BCUT2D eigenvalue weighted by atomic mass is 9.91. The van der Waals surface area contributed by atoms with Crippen LogP contribution in [-0.4, -0.2) is 47.8 Å². The number of piperidine rings is 1. The molecular weight excluding hydrogens is 200 g/mol. The summed E-state index contributed by atoms with van der Waals surface area (Å²) in [7, 11) is 0. The molecule has 2 N–H and O–H groups in total. The van der Waals surface area contributed by atoms with Gasteiger partial charge < -0.3 is 15.3 Å². The predicted molar refractivity (Wildman–Crippen MR) is 68.7 cm³/mol. The van der Waals surface area contributed by atoms with Gasteiger partial charge >= 0.3 is 0 Å². The summed E-state index contributed by atoms with van der Waals surface area (Å²) >= 11 is 0. The Hall–Kier alpha value is -0.120. The lowest BCUT2D eigenvalue weighted by Gasteiger charge is -2.38. The van der Waals surface area contributed by atoms with Gasteiger partial charge in [0.2, 0.25) is 0 Å². The molecule has 1 aliphatic rings. The molecule has 16 heavy (non-hydrogen) atoms. The first kappa shape index (κ1) is 13.9. The van der Waals surface area contributed by atoms with Crippen LogP contribution in [0.3, 0.4) is 0 Å². The highest BCUT2D eigenvalue weighted by atomic mass is 16.3. The van der Waals surface area contributed by atoms with Crippen molar-refractivity contribution in [2.75, 3.05) is 26.2 Å². The van der Waals surface area contributed by atoms with Crippen LogP contribution < -0.4 is 5.32 Å². The fourth-order valence-electron chi connectivity index (χ4n) is 2.48. The Morgan fingerprint density at radius 1 is 1.31 bits per heavy atom. The molecule has 1 unspecified atom stereocenters. The monoisotopic (exact) mass is 228 g/mol. The van der Waals surface area contributed by atoms with Crippen LogP contribution in [0.25, 0.3) is 0 Å². The standard InChI is InChI=1S/C13H28N2O/c1-4-13(3,8-11-16)14-12-6-9-15(5-2)10-7-12/h12,14,16H,4-11H2,1-3H3. The third-order valence-corrected chi connectivity index (χ3v) is 4.03. The van der Waals surface area contributed by atoms with Gasteiger partial charge in [0, 0.05) is 18.2 Å². The third kappa shape index (κ3) is 4.04. The molecule has 3 nitrogen and oxygen atoms in total. The summed E-state index contributed by atoms with van der Waals surface area (Å²) in [6, 6.07) is 0.638. The maximum atomic E-state index is 9.09. The second kappa shape index (κ2) is 6.58. The lowest BCUT2D eigenvalue weighted by Crippen LogP contribution is -2.52. The number of aliphatic hydroxyl groups is 1. The Bertz CT molecular complexity index is 190. The first-order valence-electron chi connectivity index (χ1n) is 6.74. The van der Waals surface area contributed by atoms with E-state index in [1.165, 1.54) is 32.5 Å². The normalized spacial score (nSPS) is 23.2. The van der Waals surface area contributed by atoms with Crippen molar-refractivity contribution in [2.45, 2.75) is 58.0 Å². The van der Waals surface area contributed by atoms with E-state index in [-0.39, 0.29) is 12.1 Å². The smallest absolute Gasteiger partial charge is 0.0448 e. The van der Waals surface area contributed by atoms with E-state index in [4.69, 9.17) is 5.11 Å². The van der Waals surface area contributed by atoms with Crippen molar-refractivity contribution < 1.29 is 5.11 Å². The van der Waals surface area contributed by atoms with Gasteiger partial charge in [0.05, 0.1) is 0 Å². The number of rotatable bonds is 6. The number of likely N-dealkylation sites (tertiary alicyclic amines) is 1. The summed E-state index contributed by atoms with van der Waals surface area (Å²) < 4.78 is 0. The molecule has 0 bridgehead atoms. The Kier molecular flexibility index (Phi) is 5.73. The lowest BCUT2D eigenvalue weighted by molar-refractivity contribution is 0.156. The summed E-state index contributed by atoms with van der Waals surface area (Å²) in [4.78, 5) is 2.51. The summed E-state index contributed by atoms with van der Waals surface area (Å²) in [5.74, 6) is 0. The maximum absolute atomic E-state index is 9.09. The summed E-state index contributed by atoms with van der Waals surface area (Å²) in [5, 5.41) is 12.8. The van der Waals surface area contributed by atoms with Crippen molar-refractivity contribution in [3.63, 3.8) is 0 Å². The maximum Gasteiger partial charge on any atom is 0.0448 e. The molecule has 0 saturated carbocycles. The molecule has 0 aromatic rings. The molecule has 3 heteroatoms. The van der Waals surface area contributed by atoms with Crippen molar-refractivity contribution in [2.24, 2.45) is 0 Å². The quantitative estimate of drug-likeness (QED) is 0.725. The van der Waals surface area contributed by atoms with E-state index in [1.807, 2.05) is 0 Å². The van der Waals surface area contributed by atoms with E-state index in [0.29, 0.717) is 6.04 Å². The van der Waals surface area contributed by atoms with Gasteiger partial charge in [-0.25, -0.2) is 0 Å². The van der Waals surface area contributed by atoms with Crippen LogP contribution in [-0.2, 0) is 0 Å². The van der Waals surface area contributed by atoms with Crippen LogP contribution in [0.5, 0.6) is 0 Å². The molecule has 1 fully saturated rings. The van der Waals surface area contributed by atoms with E-state index in [2.05, 4.69) is 31.0 Å².